The summed E-state index contributed by atoms with van der Waals surface area (Å²) in [6.07, 6.45) is -3.44. The molecule has 1 aromatic carbocycles. The topological polar surface area (TPSA) is 45.1 Å². The molecule has 0 heterocycles. The van der Waals surface area contributed by atoms with Crippen molar-refractivity contribution in [1.82, 2.24) is 4.90 Å². The molecule has 1 N–H and O–H groups in total. The van der Waals surface area contributed by atoms with Gasteiger partial charge in [-0.15, -0.1) is 0 Å². The molecule has 25 heavy (non-hydrogen) atoms. The Morgan fingerprint density at radius 2 is 1.92 bits per heavy atom. The lowest BCUT2D eigenvalue weighted by atomic mass is 9.86. The highest BCUT2D eigenvalue weighted by atomic mass is 19.4. The van der Waals surface area contributed by atoms with Crippen molar-refractivity contribution in [3.05, 3.63) is 23.3 Å². The van der Waals surface area contributed by atoms with Gasteiger partial charge in [0.05, 0.1) is 19.1 Å². The molecule has 0 radical (unpaired) electrons. The number of aliphatic hydroxyl groups is 1. The van der Waals surface area contributed by atoms with Crippen LogP contribution in [0.25, 0.3) is 0 Å². The molecule has 0 aliphatic rings. The maximum absolute atomic E-state index is 13.5. The standard InChI is InChI=1S/C18H27F3N2O2/c1-7-8-17(24,18(19,20)21)14-9-13(4)15(10-16(14)25-6)22-11-23(5)12(2)3/h9-12,24H,7-8H2,1-6H3/b22-11+. The zero-order valence-corrected chi connectivity index (χ0v) is 15.6. The zero-order valence-electron chi connectivity index (χ0n) is 15.6. The Labute approximate surface area is 147 Å². The summed E-state index contributed by atoms with van der Waals surface area (Å²) in [4.78, 5) is 6.20. The first-order valence-electron chi connectivity index (χ1n) is 8.22. The van der Waals surface area contributed by atoms with Crippen molar-refractivity contribution in [2.24, 2.45) is 4.99 Å². The van der Waals surface area contributed by atoms with Crippen LogP contribution in [-0.4, -0.2) is 42.7 Å². The molecule has 142 valence electrons. The largest absolute Gasteiger partial charge is 0.496 e. The van der Waals surface area contributed by atoms with Crippen LogP contribution in [0.15, 0.2) is 17.1 Å². The first-order chi connectivity index (χ1) is 11.5. The maximum atomic E-state index is 13.5. The summed E-state index contributed by atoms with van der Waals surface area (Å²) in [6, 6.07) is 2.98. The van der Waals surface area contributed by atoms with E-state index in [2.05, 4.69) is 4.99 Å². The van der Waals surface area contributed by atoms with Crippen LogP contribution in [0.1, 0.15) is 44.7 Å². The van der Waals surface area contributed by atoms with Gasteiger partial charge in [-0.3, -0.25) is 0 Å². The second-order valence-electron chi connectivity index (χ2n) is 6.45. The van der Waals surface area contributed by atoms with E-state index < -0.39 is 18.2 Å². The molecule has 0 aliphatic heterocycles. The molecule has 7 heteroatoms. The lowest BCUT2D eigenvalue weighted by molar-refractivity contribution is -0.269. The van der Waals surface area contributed by atoms with Crippen LogP contribution in [-0.2, 0) is 5.60 Å². The molecule has 0 fully saturated rings. The minimum atomic E-state index is -4.80. The average Bonchev–Trinajstić information content (AvgIpc) is 2.51. The predicted octanol–water partition coefficient (Wildman–Crippen LogP) is 4.55. The fourth-order valence-corrected chi connectivity index (χ4v) is 2.39. The van der Waals surface area contributed by atoms with Crippen molar-refractivity contribution in [2.45, 2.75) is 58.4 Å². The van der Waals surface area contributed by atoms with Crippen LogP contribution < -0.4 is 4.74 Å². The summed E-state index contributed by atoms with van der Waals surface area (Å²) >= 11 is 0. The second kappa shape index (κ2) is 8.08. The molecule has 0 aliphatic carbocycles. The number of methoxy groups -OCH3 is 1. The molecule has 4 nitrogen and oxygen atoms in total. The van der Waals surface area contributed by atoms with Crippen LogP contribution >= 0.6 is 0 Å². The number of aryl methyl sites for hydroxylation is 1. The Morgan fingerprint density at radius 1 is 1.32 bits per heavy atom. The number of nitrogens with zero attached hydrogens (tertiary/aromatic N) is 2. The van der Waals surface area contributed by atoms with Gasteiger partial charge in [-0.1, -0.05) is 13.3 Å². The Kier molecular flexibility index (Phi) is 6.88. The monoisotopic (exact) mass is 360 g/mol. The van der Waals surface area contributed by atoms with Crippen LogP contribution in [0.4, 0.5) is 18.9 Å². The summed E-state index contributed by atoms with van der Waals surface area (Å²) in [7, 11) is 3.14. The molecule has 1 rings (SSSR count). The normalized spacial score (nSPS) is 14.8. The van der Waals surface area contributed by atoms with Gasteiger partial charge in [-0.25, -0.2) is 4.99 Å². The van der Waals surface area contributed by atoms with Gasteiger partial charge in [-0.05, 0) is 38.8 Å². The van der Waals surface area contributed by atoms with E-state index >= 15 is 0 Å². The molecule has 0 aromatic heterocycles. The van der Waals surface area contributed by atoms with Crippen molar-refractivity contribution < 1.29 is 23.0 Å². The Balaban J connectivity index is 3.43. The number of halogens is 3. The van der Waals surface area contributed by atoms with Gasteiger partial charge in [0.1, 0.15) is 5.75 Å². The van der Waals surface area contributed by atoms with Gasteiger partial charge >= 0.3 is 6.18 Å². The van der Waals surface area contributed by atoms with Crippen molar-refractivity contribution in [3.63, 3.8) is 0 Å². The van der Waals surface area contributed by atoms with E-state index in [0.29, 0.717) is 11.3 Å². The van der Waals surface area contributed by atoms with E-state index in [1.54, 1.807) is 20.2 Å². The minimum absolute atomic E-state index is 0.0294. The third-order valence-electron chi connectivity index (χ3n) is 4.24. The molecule has 1 atom stereocenters. The molecule has 0 saturated heterocycles. The predicted molar refractivity (Wildman–Crippen MR) is 93.6 cm³/mol. The maximum Gasteiger partial charge on any atom is 0.421 e. The van der Waals surface area contributed by atoms with Crippen LogP contribution in [0, 0.1) is 6.92 Å². The molecule has 0 spiro atoms. The number of hydrogen-bond donors (Lipinski definition) is 1. The quantitative estimate of drug-likeness (QED) is 0.573. The highest BCUT2D eigenvalue weighted by Gasteiger charge is 2.55. The molecule has 0 amide bonds. The molecule has 1 unspecified atom stereocenters. The van der Waals surface area contributed by atoms with Gasteiger partial charge < -0.3 is 14.7 Å². The summed E-state index contributed by atoms with van der Waals surface area (Å²) in [5, 5.41) is 10.4. The van der Waals surface area contributed by atoms with Crippen LogP contribution in [0.2, 0.25) is 0 Å². The summed E-state index contributed by atoms with van der Waals surface area (Å²) in [6.45, 7) is 7.25. The van der Waals surface area contributed by atoms with Crippen molar-refractivity contribution >= 4 is 12.0 Å². The SMILES string of the molecule is CCCC(O)(c1cc(C)c(/N=C/N(C)C(C)C)cc1OC)C(F)(F)F. The molecule has 0 saturated carbocycles. The molecule has 1 aromatic rings. The average molecular weight is 360 g/mol. The highest BCUT2D eigenvalue weighted by molar-refractivity contribution is 5.65. The second-order valence-corrected chi connectivity index (χ2v) is 6.45. The molecule has 0 bridgehead atoms. The zero-order chi connectivity index (χ0) is 19.4. The fraction of sp³-hybridized carbons (Fsp3) is 0.611. The van der Waals surface area contributed by atoms with Crippen LogP contribution in [0.5, 0.6) is 5.75 Å². The lowest BCUT2D eigenvalue weighted by Gasteiger charge is -2.32. The van der Waals surface area contributed by atoms with E-state index in [1.165, 1.54) is 19.2 Å². The van der Waals surface area contributed by atoms with E-state index in [-0.39, 0.29) is 23.8 Å². The van der Waals surface area contributed by atoms with E-state index in [9.17, 15) is 18.3 Å². The number of benzene rings is 1. The Hall–Kier alpha value is -1.76. The smallest absolute Gasteiger partial charge is 0.421 e. The first kappa shape index (κ1) is 21.3. The van der Waals surface area contributed by atoms with Gasteiger partial charge in [0.25, 0.3) is 0 Å². The van der Waals surface area contributed by atoms with Crippen molar-refractivity contribution in [3.8, 4) is 5.75 Å². The molecular weight excluding hydrogens is 333 g/mol. The summed E-state index contributed by atoms with van der Waals surface area (Å²) in [5.41, 5.74) is -2.20. The van der Waals surface area contributed by atoms with Gasteiger partial charge in [0.15, 0.2) is 5.60 Å². The first-order valence-corrected chi connectivity index (χ1v) is 8.22. The van der Waals surface area contributed by atoms with Crippen molar-refractivity contribution in [1.29, 1.82) is 0 Å². The van der Waals surface area contributed by atoms with Gasteiger partial charge in [-0.2, -0.15) is 13.2 Å². The Bertz CT molecular complexity index is 615. The number of alkyl halides is 3. The number of hydrogen-bond acceptors (Lipinski definition) is 3. The van der Waals surface area contributed by atoms with Crippen LogP contribution in [0.3, 0.4) is 0 Å². The van der Waals surface area contributed by atoms with E-state index in [1.807, 2.05) is 25.8 Å². The highest BCUT2D eigenvalue weighted by Crippen LogP contribution is 2.47. The minimum Gasteiger partial charge on any atom is -0.496 e. The third-order valence-corrected chi connectivity index (χ3v) is 4.24. The van der Waals surface area contributed by atoms with Gasteiger partial charge in [0.2, 0.25) is 0 Å². The molecular formula is C18H27F3N2O2. The third kappa shape index (κ3) is 4.66. The lowest BCUT2D eigenvalue weighted by Crippen LogP contribution is -2.42. The van der Waals surface area contributed by atoms with E-state index in [0.717, 1.165) is 0 Å². The Morgan fingerprint density at radius 3 is 2.36 bits per heavy atom. The number of aliphatic imine (C=N–C) groups is 1. The number of rotatable bonds is 7. The number of ether oxygens (including phenoxy) is 1. The van der Waals surface area contributed by atoms with Gasteiger partial charge in [0, 0.05) is 24.7 Å². The summed E-state index contributed by atoms with van der Waals surface area (Å²) in [5.74, 6) is -0.0294. The fourth-order valence-electron chi connectivity index (χ4n) is 2.39. The summed E-state index contributed by atoms with van der Waals surface area (Å²) < 4.78 is 45.7. The van der Waals surface area contributed by atoms with E-state index in [4.69, 9.17) is 4.74 Å². The van der Waals surface area contributed by atoms with Crippen molar-refractivity contribution in [2.75, 3.05) is 14.2 Å².